The van der Waals surface area contributed by atoms with Crippen molar-refractivity contribution in [1.82, 2.24) is 0 Å². The number of aliphatic hydroxyl groups is 4. The van der Waals surface area contributed by atoms with Crippen LogP contribution in [0.1, 0.15) is 44.9 Å². The second-order valence-corrected chi connectivity index (χ2v) is 3.90. The molecule has 5 nitrogen and oxygen atoms in total. The first-order valence-corrected chi connectivity index (χ1v) is 5.53. The summed E-state index contributed by atoms with van der Waals surface area (Å²) in [5, 5.41) is 34.9. The van der Waals surface area contributed by atoms with Gasteiger partial charge in [0.1, 0.15) is 6.10 Å². The zero-order valence-electron chi connectivity index (χ0n) is 9.10. The van der Waals surface area contributed by atoms with Crippen LogP contribution in [-0.2, 0) is 0 Å². The van der Waals surface area contributed by atoms with Gasteiger partial charge in [0.2, 0.25) is 0 Å². The third-order valence-electron chi connectivity index (χ3n) is 2.38. The van der Waals surface area contributed by atoms with E-state index in [4.69, 9.17) is 26.2 Å². The molecule has 0 aromatic rings. The Morgan fingerprint density at radius 1 is 0.867 bits per heavy atom. The molecule has 0 aromatic carbocycles. The van der Waals surface area contributed by atoms with Crippen LogP contribution < -0.4 is 5.73 Å². The summed E-state index contributed by atoms with van der Waals surface area (Å²) in [4.78, 5) is 0. The van der Waals surface area contributed by atoms with Crippen LogP contribution in [0.15, 0.2) is 0 Å². The Morgan fingerprint density at radius 3 is 1.80 bits per heavy atom. The zero-order chi connectivity index (χ0) is 11.7. The van der Waals surface area contributed by atoms with E-state index < -0.39 is 12.1 Å². The van der Waals surface area contributed by atoms with Gasteiger partial charge in [0, 0.05) is 0 Å². The molecule has 1 unspecified atom stereocenters. The summed E-state index contributed by atoms with van der Waals surface area (Å²) in [7, 11) is 0. The van der Waals surface area contributed by atoms with E-state index in [0.717, 1.165) is 38.6 Å². The van der Waals surface area contributed by atoms with Crippen LogP contribution in [0.3, 0.4) is 0 Å². The topological polar surface area (TPSA) is 107 Å². The predicted molar refractivity (Wildman–Crippen MR) is 56.8 cm³/mol. The molecule has 0 heterocycles. The third kappa shape index (κ3) is 8.77. The largest absolute Gasteiger partial charge is 0.385 e. The molecule has 5 heteroatoms. The fraction of sp³-hybridized carbons (Fsp3) is 1.00. The maximum absolute atomic E-state index is 9.06. The van der Waals surface area contributed by atoms with Gasteiger partial charge in [-0.15, -0.1) is 0 Å². The summed E-state index contributed by atoms with van der Waals surface area (Å²) < 4.78 is 0. The number of hydrogen-bond acceptors (Lipinski definition) is 5. The van der Waals surface area contributed by atoms with Gasteiger partial charge >= 0.3 is 5.97 Å². The molecule has 0 amide bonds. The molecule has 0 aliphatic heterocycles. The highest BCUT2D eigenvalue weighted by Crippen LogP contribution is 2.12. The minimum Gasteiger partial charge on any atom is -0.385 e. The van der Waals surface area contributed by atoms with E-state index in [-0.39, 0.29) is 6.42 Å². The molecule has 0 aromatic heterocycles. The van der Waals surface area contributed by atoms with Crippen LogP contribution in [0.2, 0.25) is 0 Å². The number of hydrogen-bond donors (Lipinski definition) is 5. The Kier molecular flexibility index (Phi) is 7.90. The van der Waals surface area contributed by atoms with Crippen LogP contribution >= 0.6 is 0 Å². The van der Waals surface area contributed by atoms with E-state index in [0.29, 0.717) is 6.42 Å². The van der Waals surface area contributed by atoms with Crippen molar-refractivity contribution >= 4 is 0 Å². The number of unbranched alkanes of at least 4 members (excludes halogenated alkanes) is 5. The molecular formula is C10H23NO4. The van der Waals surface area contributed by atoms with Gasteiger partial charge in [-0.3, -0.25) is 0 Å². The third-order valence-corrected chi connectivity index (χ3v) is 2.38. The van der Waals surface area contributed by atoms with Crippen molar-refractivity contribution in [3.05, 3.63) is 0 Å². The Morgan fingerprint density at radius 2 is 1.33 bits per heavy atom. The second kappa shape index (κ2) is 8.01. The van der Waals surface area contributed by atoms with E-state index in [2.05, 4.69) is 0 Å². The van der Waals surface area contributed by atoms with Gasteiger partial charge in [-0.2, -0.15) is 0 Å². The fourth-order valence-corrected chi connectivity index (χ4v) is 1.38. The van der Waals surface area contributed by atoms with Gasteiger partial charge in [0.15, 0.2) is 0 Å². The average Bonchev–Trinajstić information content (AvgIpc) is 2.14. The summed E-state index contributed by atoms with van der Waals surface area (Å²) in [5.41, 5.74) is 5.34. The first-order chi connectivity index (χ1) is 6.98. The summed E-state index contributed by atoms with van der Waals surface area (Å²) in [6, 6.07) is 0. The molecular weight excluding hydrogens is 198 g/mol. The quantitative estimate of drug-likeness (QED) is 0.271. The van der Waals surface area contributed by atoms with Crippen LogP contribution in [0.5, 0.6) is 0 Å². The fourth-order valence-electron chi connectivity index (χ4n) is 1.38. The first-order valence-electron chi connectivity index (χ1n) is 5.53. The van der Waals surface area contributed by atoms with Crippen LogP contribution in [0.4, 0.5) is 0 Å². The molecule has 0 saturated heterocycles. The molecule has 0 saturated carbocycles. The highest BCUT2D eigenvalue weighted by atomic mass is 16.7. The van der Waals surface area contributed by atoms with E-state index in [9.17, 15) is 0 Å². The number of aliphatic hydroxyl groups excluding tert-OH is 1. The van der Waals surface area contributed by atoms with E-state index >= 15 is 0 Å². The molecule has 0 bridgehead atoms. The first kappa shape index (κ1) is 14.8. The Bertz CT molecular complexity index is 147. The number of rotatable bonds is 9. The minimum atomic E-state index is -2.96. The van der Waals surface area contributed by atoms with Gasteiger partial charge < -0.3 is 26.2 Å². The van der Waals surface area contributed by atoms with E-state index in [1.807, 2.05) is 0 Å². The van der Waals surface area contributed by atoms with Crippen molar-refractivity contribution in [2.45, 2.75) is 57.0 Å². The summed E-state index contributed by atoms with van der Waals surface area (Å²) in [6.07, 6.45) is 4.60. The highest BCUT2D eigenvalue weighted by molar-refractivity contribution is 4.62. The van der Waals surface area contributed by atoms with Gasteiger partial charge in [0.25, 0.3) is 0 Å². The highest BCUT2D eigenvalue weighted by Gasteiger charge is 2.29. The molecule has 0 spiro atoms. The summed E-state index contributed by atoms with van der Waals surface area (Å²) in [5.74, 6) is -2.96. The molecule has 0 aliphatic carbocycles. The minimum absolute atomic E-state index is 0.195. The lowest BCUT2D eigenvalue weighted by atomic mass is 10.1. The maximum atomic E-state index is 9.06. The van der Waals surface area contributed by atoms with E-state index in [1.165, 1.54) is 0 Å². The normalized spacial score (nSPS) is 14.2. The van der Waals surface area contributed by atoms with Crippen molar-refractivity contribution in [1.29, 1.82) is 0 Å². The smallest absolute Gasteiger partial charge is 0.302 e. The molecule has 6 N–H and O–H groups in total. The lowest BCUT2D eigenvalue weighted by molar-refractivity contribution is -0.355. The van der Waals surface area contributed by atoms with Gasteiger partial charge in [0.05, 0.1) is 0 Å². The standard InChI is InChI=1S/C10H23NO4/c11-8-6-4-2-1-3-5-7-9(12)10(13,14)15/h9,12-15H,1-8,11H2. The lowest BCUT2D eigenvalue weighted by Crippen LogP contribution is -2.41. The molecule has 92 valence electrons. The van der Waals surface area contributed by atoms with Gasteiger partial charge in [-0.1, -0.05) is 32.1 Å². The van der Waals surface area contributed by atoms with Crippen molar-refractivity contribution in [2.75, 3.05) is 6.54 Å². The van der Waals surface area contributed by atoms with Crippen LogP contribution in [-0.4, -0.2) is 39.0 Å². The Hall–Kier alpha value is -0.200. The lowest BCUT2D eigenvalue weighted by Gasteiger charge is -2.20. The SMILES string of the molecule is NCCCCCCCCC(O)C(O)(O)O. The van der Waals surface area contributed by atoms with Gasteiger partial charge in [-0.25, -0.2) is 0 Å². The summed E-state index contributed by atoms with van der Waals surface area (Å²) in [6.45, 7) is 0.723. The predicted octanol–water partition coefficient (Wildman–Crippen LogP) is -0.333. The molecule has 0 aliphatic rings. The average molecular weight is 221 g/mol. The van der Waals surface area contributed by atoms with Crippen molar-refractivity contribution < 1.29 is 20.4 Å². The number of nitrogens with two attached hydrogens (primary N) is 1. The molecule has 1 atom stereocenters. The molecule has 0 fully saturated rings. The molecule has 15 heavy (non-hydrogen) atoms. The van der Waals surface area contributed by atoms with Gasteiger partial charge in [-0.05, 0) is 19.4 Å². The Balaban J connectivity index is 3.24. The zero-order valence-corrected chi connectivity index (χ0v) is 9.10. The van der Waals surface area contributed by atoms with Crippen LogP contribution in [0.25, 0.3) is 0 Å². The van der Waals surface area contributed by atoms with Crippen molar-refractivity contribution in [3.8, 4) is 0 Å². The molecule has 0 rings (SSSR count). The summed E-state index contributed by atoms with van der Waals surface area (Å²) >= 11 is 0. The van der Waals surface area contributed by atoms with Crippen molar-refractivity contribution in [3.63, 3.8) is 0 Å². The Labute approximate surface area is 90.5 Å². The second-order valence-electron chi connectivity index (χ2n) is 3.90. The maximum Gasteiger partial charge on any atom is 0.302 e. The van der Waals surface area contributed by atoms with E-state index in [1.54, 1.807) is 0 Å². The monoisotopic (exact) mass is 221 g/mol. The van der Waals surface area contributed by atoms with Crippen molar-refractivity contribution in [2.24, 2.45) is 5.73 Å². The molecule has 0 radical (unpaired) electrons. The van der Waals surface area contributed by atoms with Crippen LogP contribution in [0, 0.1) is 0 Å².